The highest BCUT2D eigenvalue weighted by molar-refractivity contribution is 7.16. The summed E-state index contributed by atoms with van der Waals surface area (Å²) in [5.41, 5.74) is 10.8. The number of hydrogen-bond acceptors (Lipinski definition) is 4. The van der Waals surface area contributed by atoms with Crippen LogP contribution in [0.15, 0.2) is 17.6 Å². The smallest absolute Gasteiger partial charge is 0.106 e. The molecule has 1 aliphatic rings. The third-order valence-corrected chi connectivity index (χ3v) is 5.25. The number of nitrogens with one attached hydrogen (secondary N) is 1. The fraction of sp³-hybridized carbons (Fsp3) is 0.562. The summed E-state index contributed by atoms with van der Waals surface area (Å²) in [7, 11) is 0. The monoisotopic (exact) mass is 289 g/mol. The standard InChI is InChI=1S/C16H23N3S/c1-11-3-2-4-12(9-11)7-8-18-13-5-6-14-16(15(13)17)19-10-20-14/h5-6,10-12,18H,2-4,7-9,17H2,1H3. The average Bonchev–Trinajstić information content (AvgIpc) is 2.91. The largest absolute Gasteiger partial charge is 0.395 e. The summed E-state index contributed by atoms with van der Waals surface area (Å²) in [6.07, 6.45) is 6.85. The third-order valence-electron chi connectivity index (χ3n) is 4.45. The molecule has 4 heteroatoms. The van der Waals surface area contributed by atoms with Crippen molar-refractivity contribution < 1.29 is 0 Å². The predicted molar refractivity (Wildman–Crippen MR) is 88.3 cm³/mol. The molecule has 0 radical (unpaired) electrons. The molecule has 0 aliphatic heterocycles. The molecule has 108 valence electrons. The Morgan fingerprint density at radius 2 is 2.30 bits per heavy atom. The number of nitrogen functional groups attached to an aromatic ring is 1. The topological polar surface area (TPSA) is 50.9 Å². The maximum atomic E-state index is 6.19. The zero-order valence-corrected chi connectivity index (χ0v) is 12.9. The SMILES string of the molecule is CC1CCCC(CCNc2ccc3scnc3c2N)C1. The maximum absolute atomic E-state index is 6.19. The first kappa shape index (κ1) is 13.7. The van der Waals surface area contributed by atoms with E-state index in [0.717, 1.165) is 40.0 Å². The van der Waals surface area contributed by atoms with Gasteiger partial charge in [0, 0.05) is 6.54 Å². The molecule has 1 aromatic heterocycles. The van der Waals surface area contributed by atoms with Crippen molar-refractivity contribution in [1.82, 2.24) is 4.98 Å². The van der Waals surface area contributed by atoms with Gasteiger partial charge in [0.1, 0.15) is 5.52 Å². The molecular formula is C16H23N3S. The molecule has 3 nitrogen and oxygen atoms in total. The van der Waals surface area contributed by atoms with Gasteiger partial charge in [-0.1, -0.05) is 26.2 Å². The van der Waals surface area contributed by atoms with E-state index in [1.54, 1.807) is 11.3 Å². The Kier molecular flexibility index (Phi) is 4.10. The summed E-state index contributed by atoms with van der Waals surface area (Å²) in [5, 5.41) is 3.50. The minimum atomic E-state index is 0.792. The van der Waals surface area contributed by atoms with Gasteiger partial charge in [0.25, 0.3) is 0 Å². The Morgan fingerprint density at radius 1 is 1.40 bits per heavy atom. The van der Waals surface area contributed by atoms with E-state index in [1.165, 1.54) is 32.1 Å². The molecular weight excluding hydrogens is 266 g/mol. The third kappa shape index (κ3) is 2.90. The summed E-state index contributed by atoms with van der Waals surface area (Å²) in [4.78, 5) is 4.34. The van der Waals surface area contributed by atoms with Gasteiger partial charge in [-0.05, 0) is 36.8 Å². The number of nitrogens with zero attached hydrogens (tertiary/aromatic N) is 1. The van der Waals surface area contributed by atoms with Gasteiger partial charge in [-0.2, -0.15) is 0 Å². The zero-order chi connectivity index (χ0) is 13.9. The Bertz CT molecular complexity index is 578. The first-order chi connectivity index (χ1) is 9.74. The number of thiazole rings is 1. The summed E-state index contributed by atoms with van der Waals surface area (Å²) in [5.74, 6) is 1.79. The van der Waals surface area contributed by atoms with E-state index in [1.807, 2.05) is 5.51 Å². The highest BCUT2D eigenvalue weighted by Crippen LogP contribution is 2.32. The van der Waals surface area contributed by atoms with Gasteiger partial charge < -0.3 is 11.1 Å². The zero-order valence-electron chi connectivity index (χ0n) is 12.1. The Morgan fingerprint density at radius 3 is 3.15 bits per heavy atom. The van der Waals surface area contributed by atoms with Crippen LogP contribution in [-0.4, -0.2) is 11.5 Å². The Hall–Kier alpha value is -1.29. The van der Waals surface area contributed by atoms with Crippen molar-refractivity contribution in [3.63, 3.8) is 0 Å². The number of anilines is 2. The lowest BCUT2D eigenvalue weighted by Gasteiger charge is -2.26. The van der Waals surface area contributed by atoms with Crippen LogP contribution in [0, 0.1) is 11.8 Å². The predicted octanol–water partition coefficient (Wildman–Crippen LogP) is 4.51. The van der Waals surface area contributed by atoms with Gasteiger partial charge in [-0.3, -0.25) is 0 Å². The van der Waals surface area contributed by atoms with Crippen molar-refractivity contribution in [3.8, 4) is 0 Å². The van der Waals surface area contributed by atoms with Crippen LogP contribution in [0.25, 0.3) is 10.2 Å². The molecule has 1 fully saturated rings. The van der Waals surface area contributed by atoms with Gasteiger partial charge in [0.15, 0.2) is 0 Å². The molecule has 2 aromatic rings. The van der Waals surface area contributed by atoms with E-state index >= 15 is 0 Å². The van der Waals surface area contributed by atoms with Crippen molar-refractivity contribution in [2.45, 2.75) is 39.0 Å². The summed E-state index contributed by atoms with van der Waals surface area (Å²) in [6.45, 7) is 3.39. The number of hydrogen-bond donors (Lipinski definition) is 2. The number of rotatable bonds is 4. The normalized spacial score (nSPS) is 23.1. The van der Waals surface area contributed by atoms with Crippen LogP contribution >= 0.6 is 11.3 Å². The lowest BCUT2D eigenvalue weighted by molar-refractivity contribution is 0.274. The number of nitrogens with two attached hydrogens (primary N) is 1. The van der Waals surface area contributed by atoms with Gasteiger partial charge >= 0.3 is 0 Å². The van der Waals surface area contributed by atoms with Gasteiger partial charge in [0.2, 0.25) is 0 Å². The fourth-order valence-corrected chi connectivity index (χ4v) is 4.03. The molecule has 0 saturated heterocycles. The van der Waals surface area contributed by atoms with Crippen LogP contribution in [0.3, 0.4) is 0 Å². The molecule has 2 atom stereocenters. The van der Waals surface area contributed by atoms with E-state index in [0.29, 0.717) is 0 Å². The molecule has 3 rings (SSSR count). The second kappa shape index (κ2) is 6.00. The quantitative estimate of drug-likeness (QED) is 0.814. The van der Waals surface area contributed by atoms with E-state index < -0.39 is 0 Å². The van der Waals surface area contributed by atoms with E-state index in [4.69, 9.17) is 5.73 Å². The van der Waals surface area contributed by atoms with Gasteiger partial charge in [-0.25, -0.2) is 4.98 Å². The van der Waals surface area contributed by atoms with Crippen molar-refractivity contribution in [1.29, 1.82) is 0 Å². The van der Waals surface area contributed by atoms with E-state index in [-0.39, 0.29) is 0 Å². The second-order valence-corrected chi connectivity index (χ2v) is 6.97. The lowest BCUT2D eigenvalue weighted by atomic mass is 9.81. The first-order valence-electron chi connectivity index (χ1n) is 7.59. The van der Waals surface area contributed by atoms with E-state index in [2.05, 4.69) is 29.4 Å². The number of benzene rings is 1. The van der Waals surface area contributed by atoms with Crippen LogP contribution in [0.1, 0.15) is 39.0 Å². The van der Waals surface area contributed by atoms with Crippen LogP contribution in [0.2, 0.25) is 0 Å². The molecule has 20 heavy (non-hydrogen) atoms. The molecule has 2 unspecified atom stereocenters. The second-order valence-electron chi connectivity index (χ2n) is 6.08. The molecule has 1 heterocycles. The summed E-state index contributed by atoms with van der Waals surface area (Å²) < 4.78 is 1.16. The number of fused-ring (bicyclic) bond motifs is 1. The minimum Gasteiger partial charge on any atom is -0.395 e. The van der Waals surface area contributed by atoms with Crippen molar-refractivity contribution >= 4 is 32.9 Å². The number of aromatic nitrogens is 1. The average molecular weight is 289 g/mol. The van der Waals surface area contributed by atoms with Gasteiger partial charge in [0.05, 0.1) is 21.6 Å². The molecule has 1 saturated carbocycles. The summed E-state index contributed by atoms with van der Waals surface area (Å²) in [6, 6.07) is 4.19. The van der Waals surface area contributed by atoms with Crippen LogP contribution in [-0.2, 0) is 0 Å². The highest BCUT2D eigenvalue weighted by atomic mass is 32.1. The molecule has 0 spiro atoms. The van der Waals surface area contributed by atoms with E-state index in [9.17, 15) is 0 Å². The maximum Gasteiger partial charge on any atom is 0.106 e. The molecule has 1 aliphatic carbocycles. The van der Waals surface area contributed by atoms with Crippen molar-refractivity contribution in [2.24, 2.45) is 11.8 Å². The molecule has 0 amide bonds. The Balaban J connectivity index is 1.58. The molecule has 3 N–H and O–H groups in total. The van der Waals surface area contributed by atoms with Crippen molar-refractivity contribution in [2.75, 3.05) is 17.6 Å². The molecule has 0 bridgehead atoms. The van der Waals surface area contributed by atoms with Gasteiger partial charge in [-0.15, -0.1) is 11.3 Å². The van der Waals surface area contributed by atoms with Crippen molar-refractivity contribution in [3.05, 3.63) is 17.6 Å². The Labute approximate surface area is 124 Å². The van der Waals surface area contributed by atoms with Crippen LogP contribution in [0.5, 0.6) is 0 Å². The lowest BCUT2D eigenvalue weighted by Crippen LogP contribution is -2.16. The summed E-state index contributed by atoms with van der Waals surface area (Å²) >= 11 is 1.64. The molecule has 1 aromatic carbocycles. The first-order valence-corrected chi connectivity index (χ1v) is 8.47. The fourth-order valence-electron chi connectivity index (χ4n) is 3.34. The highest BCUT2D eigenvalue weighted by Gasteiger charge is 2.18. The minimum absolute atomic E-state index is 0.792. The van der Waals surface area contributed by atoms with Crippen LogP contribution in [0.4, 0.5) is 11.4 Å². The van der Waals surface area contributed by atoms with Crippen LogP contribution < -0.4 is 11.1 Å².